The van der Waals surface area contributed by atoms with E-state index in [1.807, 2.05) is 6.92 Å². The molecule has 0 aliphatic rings. The Bertz CT molecular complexity index is 353. The molecular formula is C9H16F2IN5. The van der Waals surface area contributed by atoms with Crippen LogP contribution in [0.5, 0.6) is 0 Å². The van der Waals surface area contributed by atoms with Crippen LogP contribution in [0.3, 0.4) is 0 Å². The van der Waals surface area contributed by atoms with E-state index < -0.39 is 6.55 Å². The fourth-order valence-electron chi connectivity index (χ4n) is 1.11. The van der Waals surface area contributed by atoms with E-state index in [4.69, 9.17) is 5.73 Å². The molecule has 1 heterocycles. The van der Waals surface area contributed by atoms with E-state index in [1.165, 1.54) is 12.4 Å². The molecule has 8 heteroatoms. The average molecular weight is 359 g/mol. The smallest absolute Gasteiger partial charge is 0.319 e. The molecule has 3 N–H and O–H groups in total. The molecule has 1 rings (SSSR count). The third-order valence-corrected chi connectivity index (χ3v) is 1.91. The van der Waals surface area contributed by atoms with Gasteiger partial charge >= 0.3 is 6.55 Å². The van der Waals surface area contributed by atoms with Crippen LogP contribution in [-0.4, -0.2) is 22.1 Å². The number of aliphatic imine (C=N–C) groups is 1. The van der Waals surface area contributed by atoms with Gasteiger partial charge in [-0.1, -0.05) is 6.92 Å². The molecule has 0 amide bonds. The number of guanidine groups is 1. The van der Waals surface area contributed by atoms with Gasteiger partial charge in [0.1, 0.15) is 12.4 Å². The monoisotopic (exact) mass is 359 g/mol. The van der Waals surface area contributed by atoms with Crippen molar-refractivity contribution in [2.75, 3.05) is 6.54 Å². The molecule has 0 fully saturated rings. The topological polar surface area (TPSA) is 68.2 Å². The van der Waals surface area contributed by atoms with Gasteiger partial charge in [-0.15, -0.1) is 24.0 Å². The van der Waals surface area contributed by atoms with Crippen LogP contribution in [0.25, 0.3) is 0 Å². The first-order valence-electron chi connectivity index (χ1n) is 4.98. The van der Waals surface area contributed by atoms with Crippen LogP contribution in [0.15, 0.2) is 17.4 Å². The Kier molecular flexibility index (Phi) is 7.75. The van der Waals surface area contributed by atoms with Gasteiger partial charge in [-0.2, -0.15) is 8.78 Å². The largest absolute Gasteiger partial charge is 0.370 e. The van der Waals surface area contributed by atoms with Gasteiger partial charge in [-0.05, 0) is 6.42 Å². The van der Waals surface area contributed by atoms with Crippen LogP contribution >= 0.6 is 24.0 Å². The van der Waals surface area contributed by atoms with Gasteiger partial charge in [-0.3, -0.25) is 4.57 Å². The second-order valence-electron chi connectivity index (χ2n) is 3.16. The molecule has 0 aliphatic heterocycles. The number of hydrogen-bond acceptors (Lipinski definition) is 2. The number of nitrogens with one attached hydrogen (secondary N) is 1. The molecule has 0 aromatic carbocycles. The van der Waals surface area contributed by atoms with Gasteiger partial charge in [0, 0.05) is 18.9 Å². The molecule has 1 aromatic rings. The van der Waals surface area contributed by atoms with Crippen LogP contribution in [0, 0.1) is 0 Å². The lowest BCUT2D eigenvalue weighted by molar-refractivity contribution is 0.0671. The van der Waals surface area contributed by atoms with E-state index in [2.05, 4.69) is 15.3 Å². The molecule has 0 atom stereocenters. The fraction of sp³-hybridized carbons (Fsp3) is 0.556. The lowest BCUT2D eigenvalue weighted by Gasteiger charge is -2.05. The van der Waals surface area contributed by atoms with Crippen LogP contribution in [0.4, 0.5) is 8.78 Å². The predicted molar refractivity (Wildman–Crippen MR) is 72.5 cm³/mol. The van der Waals surface area contributed by atoms with Gasteiger partial charge in [0.2, 0.25) is 0 Å². The highest BCUT2D eigenvalue weighted by atomic mass is 127. The lowest BCUT2D eigenvalue weighted by atomic mass is 10.5. The number of alkyl halides is 2. The second-order valence-corrected chi connectivity index (χ2v) is 3.16. The van der Waals surface area contributed by atoms with Crippen LogP contribution in [0.1, 0.15) is 25.7 Å². The first kappa shape index (κ1) is 16.1. The highest BCUT2D eigenvalue weighted by molar-refractivity contribution is 14.0. The molecule has 0 saturated carbocycles. The predicted octanol–water partition coefficient (Wildman–Crippen LogP) is 1.71. The van der Waals surface area contributed by atoms with E-state index in [0.29, 0.717) is 6.54 Å². The first-order valence-corrected chi connectivity index (χ1v) is 4.98. The quantitative estimate of drug-likeness (QED) is 0.478. The summed E-state index contributed by atoms with van der Waals surface area (Å²) in [6.45, 7) is 0.139. The summed E-state index contributed by atoms with van der Waals surface area (Å²) >= 11 is 0. The van der Waals surface area contributed by atoms with E-state index in [0.717, 1.165) is 11.0 Å². The molecule has 0 spiro atoms. The number of imidazole rings is 1. The summed E-state index contributed by atoms with van der Waals surface area (Å²) in [5, 5.41) is 2.85. The highest BCUT2D eigenvalue weighted by Gasteiger charge is 2.10. The van der Waals surface area contributed by atoms with Crippen LogP contribution in [0.2, 0.25) is 0 Å². The third-order valence-electron chi connectivity index (χ3n) is 1.91. The minimum atomic E-state index is -2.60. The molecule has 98 valence electrons. The molecule has 0 saturated heterocycles. The molecule has 0 bridgehead atoms. The molecule has 5 nitrogen and oxygen atoms in total. The Labute approximate surface area is 116 Å². The maximum absolute atomic E-state index is 12.4. The Morgan fingerprint density at radius 1 is 1.65 bits per heavy atom. The first-order chi connectivity index (χ1) is 7.65. The zero-order chi connectivity index (χ0) is 12.0. The molecular weight excluding hydrogens is 343 g/mol. The van der Waals surface area contributed by atoms with Crippen molar-refractivity contribution in [1.29, 1.82) is 0 Å². The van der Waals surface area contributed by atoms with Crippen molar-refractivity contribution < 1.29 is 8.78 Å². The molecule has 0 aliphatic carbocycles. The van der Waals surface area contributed by atoms with E-state index in [-0.39, 0.29) is 42.3 Å². The van der Waals surface area contributed by atoms with Crippen molar-refractivity contribution in [3.05, 3.63) is 18.2 Å². The van der Waals surface area contributed by atoms with Gasteiger partial charge < -0.3 is 11.1 Å². The van der Waals surface area contributed by atoms with Gasteiger partial charge in [0.25, 0.3) is 0 Å². The standard InChI is InChI=1S/C9H15F2N5.HI/c1-2-3-14-9(12)15-6-7-13-4-5-16(7)8(10)11;/h4-5,8H,2-3,6H2,1H3,(H3,12,14,15);1H. The second kappa shape index (κ2) is 8.20. The minimum Gasteiger partial charge on any atom is -0.370 e. The van der Waals surface area contributed by atoms with Crippen molar-refractivity contribution in [3.8, 4) is 0 Å². The number of halogens is 3. The van der Waals surface area contributed by atoms with Crippen molar-refractivity contribution in [3.63, 3.8) is 0 Å². The molecule has 0 radical (unpaired) electrons. The number of aromatic nitrogens is 2. The molecule has 17 heavy (non-hydrogen) atoms. The average Bonchev–Trinajstić information content (AvgIpc) is 2.71. The number of nitrogens with zero attached hydrogens (tertiary/aromatic N) is 3. The van der Waals surface area contributed by atoms with Crippen molar-refractivity contribution in [2.45, 2.75) is 26.4 Å². The van der Waals surface area contributed by atoms with Gasteiger partial charge in [0.15, 0.2) is 5.96 Å². The summed E-state index contributed by atoms with van der Waals surface area (Å²) in [7, 11) is 0. The van der Waals surface area contributed by atoms with Crippen LogP contribution < -0.4 is 11.1 Å². The summed E-state index contributed by atoms with van der Waals surface area (Å²) in [5.41, 5.74) is 5.52. The van der Waals surface area contributed by atoms with Crippen molar-refractivity contribution in [2.24, 2.45) is 10.7 Å². The summed E-state index contributed by atoms with van der Waals surface area (Å²) in [5.74, 6) is 0.432. The maximum atomic E-state index is 12.4. The van der Waals surface area contributed by atoms with E-state index in [1.54, 1.807) is 0 Å². The minimum absolute atomic E-state index is 0. The zero-order valence-electron chi connectivity index (χ0n) is 9.44. The SMILES string of the molecule is CCCNC(N)=NCc1nccn1C(F)F.I. The Balaban J connectivity index is 0.00000256. The van der Waals surface area contributed by atoms with Crippen LogP contribution in [-0.2, 0) is 6.54 Å². The van der Waals surface area contributed by atoms with Crippen molar-refractivity contribution >= 4 is 29.9 Å². The van der Waals surface area contributed by atoms with Gasteiger partial charge in [-0.25, -0.2) is 9.98 Å². The number of hydrogen-bond donors (Lipinski definition) is 2. The normalized spacial score (nSPS) is 11.4. The molecule has 1 aromatic heterocycles. The summed E-state index contributed by atoms with van der Waals surface area (Å²) < 4.78 is 25.6. The summed E-state index contributed by atoms with van der Waals surface area (Å²) in [4.78, 5) is 7.70. The van der Waals surface area contributed by atoms with E-state index in [9.17, 15) is 8.78 Å². The lowest BCUT2D eigenvalue weighted by Crippen LogP contribution is -2.32. The Hall–Kier alpha value is -0.930. The summed E-state index contributed by atoms with van der Waals surface area (Å²) in [6.07, 6.45) is 3.44. The van der Waals surface area contributed by atoms with Crippen molar-refractivity contribution in [1.82, 2.24) is 14.9 Å². The number of nitrogens with two attached hydrogens (primary N) is 1. The maximum Gasteiger partial charge on any atom is 0.319 e. The fourth-order valence-corrected chi connectivity index (χ4v) is 1.11. The Morgan fingerprint density at radius 2 is 2.35 bits per heavy atom. The highest BCUT2D eigenvalue weighted by Crippen LogP contribution is 2.12. The summed E-state index contributed by atoms with van der Waals surface area (Å²) in [6, 6.07) is 0. The number of rotatable bonds is 5. The Morgan fingerprint density at radius 3 is 2.94 bits per heavy atom. The third kappa shape index (κ3) is 5.29. The van der Waals surface area contributed by atoms with Gasteiger partial charge in [0.05, 0.1) is 0 Å². The molecule has 0 unspecified atom stereocenters. The van der Waals surface area contributed by atoms with E-state index >= 15 is 0 Å². The zero-order valence-corrected chi connectivity index (χ0v) is 11.8.